The predicted octanol–water partition coefficient (Wildman–Crippen LogP) is 4.71. The number of aliphatic imine (C=N–C) groups is 1. The summed E-state index contributed by atoms with van der Waals surface area (Å²) in [5.74, 6) is 0.741. The summed E-state index contributed by atoms with van der Waals surface area (Å²) in [5.41, 5.74) is 2.74. The number of nitrogens with zero attached hydrogens (tertiary/aromatic N) is 1. The molecule has 32 heavy (non-hydrogen) atoms. The van der Waals surface area contributed by atoms with Gasteiger partial charge in [-0.3, -0.25) is 0 Å². The molecule has 0 atom stereocenters. The summed E-state index contributed by atoms with van der Waals surface area (Å²) in [6.07, 6.45) is 0. The smallest absolute Gasteiger partial charge is 0.387 e. The number of ether oxygens (including phenoxy) is 3. The maximum atomic E-state index is 12.6. The molecule has 2 aromatic rings. The van der Waals surface area contributed by atoms with Gasteiger partial charge in [0.15, 0.2) is 5.96 Å². The third kappa shape index (κ3) is 11.1. The first kappa shape index (κ1) is 28.1. The number of nitrogens with one attached hydrogen (secondary N) is 2. The highest BCUT2D eigenvalue weighted by Crippen LogP contribution is 2.19. The lowest BCUT2D eigenvalue weighted by molar-refractivity contribution is -0.0504. The molecule has 0 aromatic heterocycles. The van der Waals surface area contributed by atoms with Crippen LogP contribution in [0.3, 0.4) is 0 Å². The lowest BCUT2D eigenvalue weighted by atomic mass is 10.1. The van der Waals surface area contributed by atoms with Crippen LogP contribution in [0.1, 0.15) is 30.5 Å². The zero-order valence-electron chi connectivity index (χ0n) is 18.5. The van der Waals surface area contributed by atoms with Crippen molar-refractivity contribution in [3.8, 4) is 5.75 Å². The highest BCUT2D eigenvalue weighted by Gasteiger charge is 2.09. The van der Waals surface area contributed by atoms with E-state index in [0.717, 1.165) is 11.1 Å². The fraction of sp³-hybridized carbons (Fsp3) is 0.435. The van der Waals surface area contributed by atoms with Gasteiger partial charge in [-0.1, -0.05) is 42.5 Å². The van der Waals surface area contributed by atoms with Crippen LogP contribution >= 0.6 is 24.0 Å². The second-order valence-electron chi connectivity index (χ2n) is 6.60. The van der Waals surface area contributed by atoms with Crippen LogP contribution in [0.15, 0.2) is 53.5 Å². The first-order chi connectivity index (χ1) is 15.1. The minimum Gasteiger partial charge on any atom is -0.434 e. The van der Waals surface area contributed by atoms with Crippen LogP contribution in [0.5, 0.6) is 5.75 Å². The third-order valence-corrected chi connectivity index (χ3v) is 4.24. The van der Waals surface area contributed by atoms with Crippen molar-refractivity contribution in [1.29, 1.82) is 0 Å². The summed E-state index contributed by atoms with van der Waals surface area (Å²) < 4.78 is 40.7. The molecule has 178 valence electrons. The van der Waals surface area contributed by atoms with Crippen molar-refractivity contribution in [2.24, 2.45) is 4.99 Å². The molecule has 9 heteroatoms. The van der Waals surface area contributed by atoms with Crippen molar-refractivity contribution < 1.29 is 23.0 Å². The molecule has 0 aliphatic rings. The van der Waals surface area contributed by atoms with Gasteiger partial charge in [-0.15, -0.1) is 24.0 Å². The van der Waals surface area contributed by atoms with Crippen LogP contribution in [0.2, 0.25) is 0 Å². The summed E-state index contributed by atoms with van der Waals surface area (Å²) >= 11 is 0. The molecule has 0 aliphatic carbocycles. The van der Waals surface area contributed by atoms with Crippen LogP contribution in [0.25, 0.3) is 0 Å². The van der Waals surface area contributed by atoms with Gasteiger partial charge in [-0.25, -0.2) is 4.99 Å². The summed E-state index contributed by atoms with van der Waals surface area (Å²) in [7, 11) is 0. The number of para-hydroxylation sites is 1. The summed E-state index contributed by atoms with van der Waals surface area (Å²) in [4.78, 5) is 4.60. The predicted molar refractivity (Wildman–Crippen MR) is 133 cm³/mol. The summed E-state index contributed by atoms with van der Waals surface area (Å²) in [5, 5.41) is 6.33. The lowest BCUT2D eigenvalue weighted by Gasteiger charge is -2.14. The third-order valence-electron chi connectivity index (χ3n) is 4.24. The van der Waals surface area contributed by atoms with E-state index in [0.29, 0.717) is 57.6 Å². The molecule has 2 aromatic carbocycles. The van der Waals surface area contributed by atoms with E-state index in [1.807, 2.05) is 32.0 Å². The first-order valence-corrected chi connectivity index (χ1v) is 10.4. The highest BCUT2D eigenvalue weighted by molar-refractivity contribution is 14.0. The number of hydrogen-bond donors (Lipinski definition) is 2. The highest BCUT2D eigenvalue weighted by atomic mass is 127. The van der Waals surface area contributed by atoms with Crippen LogP contribution < -0.4 is 15.4 Å². The minimum atomic E-state index is -2.86. The molecule has 0 unspecified atom stereocenters. The SMILES string of the molecule is CCNC(=NCc1cccc(COCCOCC)c1)NCc1ccccc1OC(F)F.I. The van der Waals surface area contributed by atoms with E-state index in [1.165, 1.54) is 6.07 Å². The zero-order chi connectivity index (χ0) is 22.3. The first-order valence-electron chi connectivity index (χ1n) is 10.4. The van der Waals surface area contributed by atoms with Gasteiger partial charge in [0.1, 0.15) is 5.75 Å². The summed E-state index contributed by atoms with van der Waals surface area (Å²) in [6.45, 7) is 4.85. The summed E-state index contributed by atoms with van der Waals surface area (Å²) in [6, 6.07) is 14.7. The molecule has 0 saturated heterocycles. The number of rotatable bonds is 13. The fourth-order valence-corrected chi connectivity index (χ4v) is 2.82. The van der Waals surface area contributed by atoms with Gasteiger partial charge in [0.2, 0.25) is 0 Å². The van der Waals surface area contributed by atoms with Crippen LogP contribution in [0, 0.1) is 0 Å². The minimum absolute atomic E-state index is 0. The second-order valence-corrected chi connectivity index (χ2v) is 6.60. The molecular weight excluding hydrogens is 531 g/mol. The van der Waals surface area contributed by atoms with E-state index in [-0.39, 0.29) is 29.7 Å². The lowest BCUT2D eigenvalue weighted by Crippen LogP contribution is -2.36. The molecule has 6 nitrogen and oxygen atoms in total. The molecule has 0 spiro atoms. The molecule has 0 heterocycles. The van der Waals surface area contributed by atoms with E-state index < -0.39 is 6.61 Å². The van der Waals surface area contributed by atoms with Crippen molar-refractivity contribution in [2.45, 2.75) is 40.2 Å². The van der Waals surface area contributed by atoms with Crippen molar-refractivity contribution >= 4 is 29.9 Å². The van der Waals surface area contributed by atoms with Crippen LogP contribution in [-0.4, -0.2) is 38.9 Å². The Morgan fingerprint density at radius 1 is 0.969 bits per heavy atom. The van der Waals surface area contributed by atoms with Crippen molar-refractivity contribution in [1.82, 2.24) is 10.6 Å². The molecule has 0 amide bonds. The van der Waals surface area contributed by atoms with Gasteiger partial charge in [0.25, 0.3) is 0 Å². The monoisotopic (exact) mass is 563 g/mol. The Kier molecular flexibility index (Phi) is 14.6. The Hall–Kier alpha value is -1.98. The number of halogens is 3. The average Bonchev–Trinajstić information content (AvgIpc) is 2.76. The Morgan fingerprint density at radius 3 is 2.47 bits per heavy atom. The van der Waals surface area contributed by atoms with E-state index in [2.05, 4.69) is 26.4 Å². The van der Waals surface area contributed by atoms with Gasteiger partial charge < -0.3 is 24.8 Å². The maximum absolute atomic E-state index is 12.6. The van der Waals surface area contributed by atoms with E-state index in [4.69, 9.17) is 9.47 Å². The second kappa shape index (κ2) is 16.6. The molecule has 2 rings (SSSR count). The molecule has 0 fully saturated rings. The normalized spacial score (nSPS) is 11.2. The number of guanidine groups is 1. The van der Waals surface area contributed by atoms with E-state index in [1.54, 1.807) is 18.2 Å². The fourth-order valence-electron chi connectivity index (χ4n) is 2.82. The topological polar surface area (TPSA) is 64.1 Å². The standard InChI is InChI=1S/C23H31F2N3O3.HI/c1-3-26-23(28-16-20-10-5-6-11-21(20)31-22(24)25)27-15-18-8-7-9-19(14-18)17-30-13-12-29-4-2;/h5-11,14,22H,3-4,12-13,15-17H2,1-2H3,(H2,26,27,28);1H. The maximum Gasteiger partial charge on any atom is 0.387 e. The van der Waals surface area contributed by atoms with Crippen molar-refractivity contribution in [3.63, 3.8) is 0 Å². The molecule has 0 saturated carbocycles. The Labute approximate surface area is 205 Å². The number of alkyl halides is 2. The van der Waals surface area contributed by atoms with Gasteiger partial charge in [0.05, 0.1) is 26.4 Å². The van der Waals surface area contributed by atoms with Gasteiger partial charge >= 0.3 is 6.61 Å². The number of hydrogen-bond acceptors (Lipinski definition) is 4. The van der Waals surface area contributed by atoms with Gasteiger partial charge in [-0.2, -0.15) is 8.78 Å². The average molecular weight is 563 g/mol. The Balaban J connectivity index is 0.00000512. The number of benzene rings is 2. The zero-order valence-corrected chi connectivity index (χ0v) is 20.8. The molecule has 0 bridgehead atoms. The quantitative estimate of drug-likeness (QED) is 0.160. The van der Waals surface area contributed by atoms with Crippen molar-refractivity contribution in [3.05, 3.63) is 65.2 Å². The van der Waals surface area contributed by atoms with E-state index >= 15 is 0 Å². The van der Waals surface area contributed by atoms with Gasteiger partial charge in [-0.05, 0) is 31.0 Å². The molecule has 0 aliphatic heterocycles. The molecule has 0 radical (unpaired) electrons. The largest absolute Gasteiger partial charge is 0.434 e. The van der Waals surface area contributed by atoms with Crippen molar-refractivity contribution in [2.75, 3.05) is 26.4 Å². The Morgan fingerprint density at radius 2 is 1.72 bits per heavy atom. The Bertz CT molecular complexity index is 810. The van der Waals surface area contributed by atoms with Crippen LogP contribution in [-0.2, 0) is 29.2 Å². The van der Waals surface area contributed by atoms with Gasteiger partial charge in [0, 0.05) is 25.3 Å². The van der Waals surface area contributed by atoms with Crippen LogP contribution in [0.4, 0.5) is 8.78 Å². The molecule has 2 N–H and O–H groups in total. The molecular formula is C23H32F2IN3O3. The van der Waals surface area contributed by atoms with E-state index in [9.17, 15) is 8.78 Å².